The van der Waals surface area contributed by atoms with Crippen molar-refractivity contribution in [1.29, 1.82) is 0 Å². The lowest BCUT2D eigenvalue weighted by molar-refractivity contribution is 0.414. The van der Waals surface area contributed by atoms with E-state index >= 15 is 0 Å². The summed E-state index contributed by atoms with van der Waals surface area (Å²) >= 11 is 0. The molecule has 1 N–H and O–H groups in total. The number of methoxy groups -OCH3 is 1. The summed E-state index contributed by atoms with van der Waals surface area (Å²) in [7, 11) is -6.06. The number of nitrogens with one attached hydrogen (secondary N) is 1. The average Bonchev–Trinajstić information content (AvgIpc) is 2.75. The van der Waals surface area contributed by atoms with Crippen molar-refractivity contribution in [2.45, 2.75) is 21.1 Å². The summed E-state index contributed by atoms with van der Waals surface area (Å²) in [5, 5.41) is 0. The number of sulfone groups is 1. The van der Waals surface area contributed by atoms with Crippen LogP contribution >= 0.6 is 0 Å². The molecule has 152 valence electrons. The molecule has 0 aliphatic heterocycles. The highest BCUT2D eigenvalue weighted by atomic mass is 32.2. The van der Waals surface area contributed by atoms with Gasteiger partial charge in [0.1, 0.15) is 5.75 Å². The molecule has 0 amide bonds. The Morgan fingerprint density at radius 3 is 2.03 bits per heavy atom. The van der Waals surface area contributed by atoms with Crippen molar-refractivity contribution >= 4 is 19.9 Å². The van der Waals surface area contributed by atoms with Gasteiger partial charge < -0.3 is 4.74 Å². The van der Waals surface area contributed by atoms with E-state index in [4.69, 9.17) is 4.74 Å². The van der Waals surface area contributed by atoms with E-state index in [1.54, 1.807) is 25.3 Å². The van der Waals surface area contributed by atoms with Crippen molar-refractivity contribution < 1.29 is 21.6 Å². The van der Waals surface area contributed by atoms with Crippen LogP contribution < -0.4 is 9.46 Å². The zero-order chi connectivity index (χ0) is 20.9. The average molecular weight is 432 g/mol. The second-order valence-electron chi connectivity index (χ2n) is 6.29. The van der Waals surface area contributed by atoms with Gasteiger partial charge in [0.15, 0.2) is 0 Å². The van der Waals surface area contributed by atoms with Gasteiger partial charge >= 0.3 is 0 Å². The third-order valence-electron chi connectivity index (χ3n) is 4.34. The molecule has 8 heteroatoms. The highest BCUT2D eigenvalue weighted by Crippen LogP contribution is 2.23. The smallest absolute Gasteiger partial charge is 0.240 e. The Kier molecular flexibility index (Phi) is 6.36. The molecule has 0 aliphatic carbocycles. The van der Waals surface area contributed by atoms with Gasteiger partial charge in [-0.15, -0.1) is 0 Å². The maximum absolute atomic E-state index is 12.7. The predicted molar refractivity (Wildman–Crippen MR) is 110 cm³/mol. The van der Waals surface area contributed by atoms with Crippen LogP contribution in [0, 0.1) is 0 Å². The lowest BCUT2D eigenvalue weighted by Crippen LogP contribution is -2.26. The quantitative estimate of drug-likeness (QED) is 0.592. The van der Waals surface area contributed by atoms with E-state index in [1.807, 2.05) is 24.3 Å². The zero-order valence-electron chi connectivity index (χ0n) is 15.8. The van der Waals surface area contributed by atoms with E-state index < -0.39 is 19.9 Å². The third-order valence-corrected chi connectivity index (χ3v) is 7.57. The fraction of sp³-hybridized carbons (Fsp3) is 0.143. The van der Waals surface area contributed by atoms with Gasteiger partial charge in [-0.05, 0) is 54.4 Å². The van der Waals surface area contributed by atoms with Crippen molar-refractivity contribution in [3.8, 4) is 5.75 Å². The Bertz CT molecular complexity index is 1170. The highest BCUT2D eigenvalue weighted by Gasteiger charge is 2.21. The highest BCUT2D eigenvalue weighted by molar-refractivity contribution is 7.91. The van der Waals surface area contributed by atoms with Gasteiger partial charge in [0.25, 0.3) is 0 Å². The van der Waals surface area contributed by atoms with Crippen LogP contribution in [-0.2, 0) is 26.3 Å². The standard InChI is InChI=1S/C21H21NO5S2/c1-27-18-12-10-17(11-13-18)14-15-22-29(25,26)21-9-5-8-20(16-21)28(23,24)19-6-3-2-4-7-19/h2-13,16,22H,14-15H2,1H3. The molecule has 0 saturated carbocycles. The van der Waals surface area contributed by atoms with Crippen molar-refractivity contribution in [1.82, 2.24) is 4.72 Å². The van der Waals surface area contributed by atoms with Crippen LogP contribution in [0.15, 0.2) is 93.5 Å². The molecule has 3 rings (SSSR count). The summed E-state index contributed by atoms with van der Waals surface area (Å²) in [4.78, 5) is -0.0482. The monoisotopic (exact) mass is 431 g/mol. The zero-order valence-corrected chi connectivity index (χ0v) is 17.4. The first-order chi connectivity index (χ1) is 13.8. The van der Waals surface area contributed by atoms with Crippen molar-refractivity contribution in [2.24, 2.45) is 0 Å². The van der Waals surface area contributed by atoms with Crippen LogP contribution in [0.5, 0.6) is 5.75 Å². The summed E-state index contributed by atoms with van der Waals surface area (Å²) < 4.78 is 58.3. The molecule has 0 aromatic heterocycles. The first-order valence-electron chi connectivity index (χ1n) is 8.86. The molecule has 0 aliphatic rings. The van der Waals surface area contributed by atoms with Gasteiger partial charge in [-0.1, -0.05) is 36.4 Å². The predicted octanol–water partition coefficient (Wildman–Crippen LogP) is 3.05. The summed E-state index contributed by atoms with van der Waals surface area (Å²) in [6.45, 7) is 0.185. The van der Waals surface area contributed by atoms with Gasteiger partial charge in [-0.2, -0.15) is 0 Å². The maximum atomic E-state index is 12.7. The number of hydrogen-bond acceptors (Lipinski definition) is 5. The molecule has 0 radical (unpaired) electrons. The Labute approximate surface area is 171 Å². The van der Waals surface area contributed by atoms with Crippen LogP contribution in [0.3, 0.4) is 0 Å². The molecule has 29 heavy (non-hydrogen) atoms. The second-order valence-corrected chi connectivity index (χ2v) is 10.0. The molecule has 3 aromatic carbocycles. The fourth-order valence-corrected chi connectivity index (χ4v) is 5.23. The SMILES string of the molecule is COc1ccc(CCNS(=O)(=O)c2cccc(S(=O)(=O)c3ccccc3)c2)cc1. The molecule has 0 atom stereocenters. The summed E-state index contributed by atoms with van der Waals surface area (Å²) in [6.07, 6.45) is 0.491. The minimum Gasteiger partial charge on any atom is -0.497 e. The minimum atomic E-state index is -3.85. The van der Waals surface area contributed by atoms with Crippen LogP contribution in [0.1, 0.15) is 5.56 Å². The van der Waals surface area contributed by atoms with Crippen LogP contribution in [-0.4, -0.2) is 30.5 Å². The topological polar surface area (TPSA) is 89.5 Å². The molecule has 0 fully saturated rings. The number of benzene rings is 3. The van der Waals surface area contributed by atoms with E-state index in [0.717, 1.165) is 11.3 Å². The number of ether oxygens (including phenoxy) is 1. The third kappa shape index (κ3) is 5.03. The molecule has 6 nitrogen and oxygen atoms in total. The molecular weight excluding hydrogens is 410 g/mol. The van der Waals surface area contributed by atoms with E-state index in [1.165, 1.54) is 36.4 Å². The number of sulfonamides is 1. The van der Waals surface area contributed by atoms with E-state index in [0.29, 0.717) is 6.42 Å². The molecule has 0 bridgehead atoms. The van der Waals surface area contributed by atoms with Crippen LogP contribution in [0.2, 0.25) is 0 Å². The van der Waals surface area contributed by atoms with Crippen LogP contribution in [0.4, 0.5) is 0 Å². The number of rotatable bonds is 8. The lowest BCUT2D eigenvalue weighted by Gasteiger charge is -2.10. The molecular formula is C21H21NO5S2. The van der Waals surface area contributed by atoms with Gasteiger partial charge in [0.05, 0.1) is 21.8 Å². The van der Waals surface area contributed by atoms with Crippen molar-refractivity contribution in [3.05, 3.63) is 84.4 Å². The summed E-state index contributed by atoms with van der Waals surface area (Å²) in [5.74, 6) is 0.728. The van der Waals surface area contributed by atoms with E-state index in [-0.39, 0.29) is 21.2 Å². The van der Waals surface area contributed by atoms with Gasteiger partial charge in [-0.3, -0.25) is 0 Å². The Balaban J connectivity index is 1.74. The molecule has 0 unspecified atom stereocenters. The second kappa shape index (κ2) is 8.77. The van der Waals surface area contributed by atoms with E-state index in [9.17, 15) is 16.8 Å². The Morgan fingerprint density at radius 2 is 1.38 bits per heavy atom. The van der Waals surface area contributed by atoms with Gasteiger partial charge in [0, 0.05) is 6.54 Å². The normalized spacial score (nSPS) is 11.9. The van der Waals surface area contributed by atoms with E-state index in [2.05, 4.69) is 4.72 Å². The first-order valence-corrected chi connectivity index (χ1v) is 11.8. The number of hydrogen-bond donors (Lipinski definition) is 1. The van der Waals surface area contributed by atoms with Crippen molar-refractivity contribution in [3.63, 3.8) is 0 Å². The molecule has 0 heterocycles. The Hall–Kier alpha value is -2.68. The molecule has 3 aromatic rings. The van der Waals surface area contributed by atoms with Gasteiger partial charge in [0.2, 0.25) is 19.9 Å². The fourth-order valence-electron chi connectivity index (χ4n) is 2.75. The van der Waals surface area contributed by atoms with Crippen molar-refractivity contribution in [2.75, 3.05) is 13.7 Å². The molecule has 0 spiro atoms. The summed E-state index contributed by atoms with van der Waals surface area (Å²) in [5.41, 5.74) is 0.953. The first kappa shape index (κ1) is 21.0. The van der Waals surface area contributed by atoms with Crippen LogP contribution in [0.25, 0.3) is 0 Å². The largest absolute Gasteiger partial charge is 0.497 e. The lowest BCUT2D eigenvalue weighted by atomic mass is 10.1. The Morgan fingerprint density at radius 1 is 0.759 bits per heavy atom. The molecule has 0 saturated heterocycles. The minimum absolute atomic E-state index is 0.0678. The summed E-state index contributed by atoms with van der Waals surface area (Å²) in [6, 6.07) is 20.6. The maximum Gasteiger partial charge on any atom is 0.240 e. The van der Waals surface area contributed by atoms with Gasteiger partial charge in [-0.25, -0.2) is 21.6 Å².